The van der Waals surface area contributed by atoms with Crippen molar-refractivity contribution in [2.24, 2.45) is 0 Å². The van der Waals surface area contributed by atoms with Gasteiger partial charge in [-0.25, -0.2) is 4.18 Å². The maximum absolute atomic E-state index is 11.9. The Hall–Kier alpha value is -2.55. The standard InChI is InChI=1S/C22H27NO6S/c1-4-22(5-2,13-14-24)23-21(17-9-7-6-8-10-17)20-12-11-19(15-18(20)16-25)29-30(26,27)28-3/h6-12,14-16,21,23H,4-5,13H2,1-3H3. The van der Waals surface area contributed by atoms with Crippen LogP contribution in [0.15, 0.2) is 48.5 Å². The van der Waals surface area contributed by atoms with Gasteiger partial charge in [-0.15, -0.1) is 0 Å². The Labute approximate surface area is 177 Å². The van der Waals surface area contributed by atoms with Gasteiger partial charge in [0, 0.05) is 17.5 Å². The second-order valence-electron chi connectivity index (χ2n) is 6.91. The highest BCUT2D eigenvalue weighted by atomic mass is 32.3. The lowest BCUT2D eigenvalue weighted by Crippen LogP contribution is -2.47. The van der Waals surface area contributed by atoms with Crippen LogP contribution < -0.4 is 9.50 Å². The molecule has 1 N–H and O–H groups in total. The zero-order chi connectivity index (χ0) is 22.2. The quantitative estimate of drug-likeness (QED) is 0.511. The molecule has 2 aromatic rings. The van der Waals surface area contributed by atoms with Gasteiger partial charge in [0.1, 0.15) is 12.0 Å². The van der Waals surface area contributed by atoms with E-state index in [1.807, 2.05) is 44.2 Å². The number of carbonyl (C=O) groups excluding carboxylic acids is 2. The van der Waals surface area contributed by atoms with E-state index in [0.29, 0.717) is 18.3 Å². The van der Waals surface area contributed by atoms with Crippen molar-refractivity contribution in [2.45, 2.75) is 44.7 Å². The maximum atomic E-state index is 11.9. The van der Waals surface area contributed by atoms with Gasteiger partial charge in [-0.05, 0) is 36.1 Å². The summed E-state index contributed by atoms with van der Waals surface area (Å²) in [6.45, 7) is 4.02. The first-order chi connectivity index (χ1) is 14.3. The lowest BCUT2D eigenvalue weighted by Gasteiger charge is -2.36. The summed E-state index contributed by atoms with van der Waals surface area (Å²) in [6.07, 6.45) is 3.31. The van der Waals surface area contributed by atoms with Crippen LogP contribution in [0, 0.1) is 0 Å². The molecule has 2 rings (SSSR count). The summed E-state index contributed by atoms with van der Waals surface area (Å²) in [5.41, 5.74) is 1.38. The van der Waals surface area contributed by atoms with Crippen LogP contribution in [0.2, 0.25) is 0 Å². The minimum absolute atomic E-state index is 0.0281. The van der Waals surface area contributed by atoms with E-state index in [9.17, 15) is 18.0 Å². The van der Waals surface area contributed by atoms with Crippen molar-refractivity contribution in [3.8, 4) is 5.75 Å². The highest BCUT2D eigenvalue weighted by Gasteiger charge is 2.31. The van der Waals surface area contributed by atoms with Crippen molar-refractivity contribution < 1.29 is 26.4 Å². The van der Waals surface area contributed by atoms with E-state index in [1.165, 1.54) is 12.1 Å². The van der Waals surface area contributed by atoms with Gasteiger partial charge in [-0.2, -0.15) is 8.42 Å². The summed E-state index contributed by atoms with van der Waals surface area (Å²) in [4.78, 5) is 23.2. The molecule has 0 fully saturated rings. The molecule has 0 amide bonds. The first-order valence-electron chi connectivity index (χ1n) is 9.69. The number of hydrogen-bond donors (Lipinski definition) is 1. The molecule has 0 aromatic heterocycles. The van der Waals surface area contributed by atoms with Crippen LogP contribution in [0.3, 0.4) is 0 Å². The fourth-order valence-corrected chi connectivity index (χ4v) is 3.78. The molecule has 0 radical (unpaired) electrons. The van der Waals surface area contributed by atoms with Crippen molar-refractivity contribution in [3.63, 3.8) is 0 Å². The van der Waals surface area contributed by atoms with E-state index in [4.69, 9.17) is 4.18 Å². The summed E-state index contributed by atoms with van der Waals surface area (Å²) in [5.74, 6) is -0.0281. The normalized spacial score (nSPS) is 12.9. The van der Waals surface area contributed by atoms with Crippen LogP contribution in [-0.2, 0) is 19.4 Å². The minimum atomic E-state index is -4.20. The zero-order valence-corrected chi connectivity index (χ0v) is 18.1. The summed E-state index contributed by atoms with van der Waals surface area (Å²) >= 11 is 0. The van der Waals surface area contributed by atoms with Gasteiger partial charge in [-0.3, -0.25) is 4.79 Å². The second kappa shape index (κ2) is 10.5. The maximum Gasteiger partial charge on any atom is 0.448 e. The van der Waals surface area contributed by atoms with E-state index in [1.54, 1.807) is 6.07 Å². The van der Waals surface area contributed by atoms with Crippen molar-refractivity contribution in [1.82, 2.24) is 5.32 Å². The third-order valence-electron chi connectivity index (χ3n) is 5.31. The molecule has 162 valence electrons. The zero-order valence-electron chi connectivity index (χ0n) is 17.3. The molecule has 2 aromatic carbocycles. The summed E-state index contributed by atoms with van der Waals surface area (Å²) < 4.78 is 32.3. The van der Waals surface area contributed by atoms with Gasteiger partial charge >= 0.3 is 10.4 Å². The average Bonchev–Trinajstić information content (AvgIpc) is 2.77. The number of hydrogen-bond acceptors (Lipinski definition) is 7. The van der Waals surface area contributed by atoms with E-state index in [2.05, 4.69) is 9.50 Å². The minimum Gasteiger partial charge on any atom is -0.362 e. The molecule has 0 aliphatic rings. The molecule has 0 heterocycles. The van der Waals surface area contributed by atoms with E-state index >= 15 is 0 Å². The Bertz CT molecular complexity index is 955. The van der Waals surface area contributed by atoms with E-state index in [-0.39, 0.29) is 17.4 Å². The van der Waals surface area contributed by atoms with Crippen LogP contribution in [0.4, 0.5) is 0 Å². The predicted molar refractivity (Wildman–Crippen MR) is 114 cm³/mol. The number of benzene rings is 2. The molecule has 0 spiro atoms. The molecule has 1 atom stereocenters. The van der Waals surface area contributed by atoms with Crippen LogP contribution in [0.5, 0.6) is 5.75 Å². The topological polar surface area (TPSA) is 98.8 Å². The van der Waals surface area contributed by atoms with Gasteiger partial charge in [0.25, 0.3) is 0 Å². The predicted octanol–water partition coefficient (Wildman–Crippen LogP) is 3.60. The molecule has 7 nitrogen and oxygen atoms in total. The first kappa shape index (κ1) is 23.7. The Balaban J connectivity index is 2.56. The fourth-order valence-electron chi connectivity index (χ4n) is 3.38. The van der Waals surface area contributed by atoms with Crippen molar-refractivity contribution in [1.29, 1.82) is 0 Å². The average molecular weight is 434 g/mol. The monoisotopic (exact) mass is 433 g/mol. The molecule has 0 saturated carbocycles. The van der Waals surface area contributed by atoms with Crippen LogP contribution in [-0.4, -0.2) is 33.6 Å². The number of nitrogens with one attached hydrogen (secondary N) is 1. The Morgan fingerprint density at radius 2 is 1.73 bits per heavy atom. The molecule has 0 aliphatic heterocycles. The van der Waals surface area contributed by atoms with Crippen molar-refractivity contribution in [3.05, 3.63) is 65.2 Å². The van der Waals surface area contributed by atoms with Gasteiger partial charge < -0.3 is 14.3 Å². The Kier molecular flexibility index (Phi) is 8.28. The van der Waals surface area contributed by atoms with Crippen LogP contribution >= 0.6 is 0 Å². The fraction of sp³-hybridized carbons (Fsp3) is 0.364. The number of aldehydes is 2. The van der Waals surface area contributed by atoms with Crippen LogP contribution in [0.1, 0.15) is 60.6 Å². The largest absolute Gasteiger partial charge is 0.448 e. The van der Waals surface area contributed by atoms with Gasteiger partial charge in [0.05, 0.1) is 13.2 Å². The molecular formula is C22H27NO6S. The molecule has 8 heteroatoms. The highest BCUT2D eigenvalue weighted by Crippen LogP contribution is 2.32. The highest BCUT2D eigenvalue weighted by molar-refractivity contribution is 7.82. The van der Waals surface area contributed by atoms with E-state index in [0.717, 1.165) is 31.8 Å². The van der Waals surface area contributed by atoms with Crippen LogP contribution in [0.25, 0.3) is 0 Å². The molecule has 30 heavy (non-hydrogen) atoms. The Morgan fingerprint density at radius 1 is 1.07 bits per heavy atom. The SMILES string of the molecule is CCC(CC)(CC=O)NC(c1ccccc1)c1ccc(OS(=O)(=O)OC)cc1C=O. The number of rotatable bonds is 12. The number of carbonyl (C=O) groups is 2. The first-order valence-corrected chi connectivity index (χ1v) is 11.0. The van der Waals surface area contributed by atoms with E-state index < -0.39 is 15.9 Å². The molecular weight excluding hydrogens is 406 g/mol. The summed E-state index contributed by atoms with van der Waals surface area (Å²) in [7, 11) is -3.21. The molecule has 0 bridgehead atoms. The van der Waals surface area contributed by atoms with Crippen molar-refractivity contribution >= 4 is 23.0 Å². The summed E-state index contributed by atoms with van der Waals surface area (Å²) in [5, 5.41) is 3.58. The Morgan fingerprint density at radius 3 is 2.27 bits per heavy atom. The smallest absolute Gasteiger partial charge is 0.362 e. The van der Waals surface area contributed by atoms with Gasteiger partial charge in [0.2, 0.25) is 0 Å². The lowest BCUT2D eigenvalue weighted by atomic mass is 9.85. The second-order valence-corrected chi connectivity index (χ2v) is 8.23. The molecule has 1 unspecified atom stereocenters. The third kappa shape index (κ3) is 5.75. The van der Waals surface area contributed by atoms with Gasteiger partial charge in [0.15, 0.2) is 6.29 Å². The molecule has 0 saturated heterocycles. The van der Waals surface area contributed by atoms with Gasteiger partial charge in [-0.1, -0.05) is 50.2 Å². The molecule has 0 aliphatic carbocycles. The third-order valence-corrected chi connectivity index (χ3v) is 6.11. The lowest BCUT2D eigenvalue weighted by molar-refractivity contribution is -0.109. The summed E-state index contributed by atoms with van der Waals surface area (Å²) in [6, 6.07) is 13.6. The van der Waals surface area contributed by atoms with Crippen molar-refractivity contribution in [2.75, 3.05) is 7.11 Å².